The summed E-state index contributed by atoms with van der Waals surface area (Å²) in [5.41, 5.74) is 1.30. The molecule has 0 bridgehead atoms. The summed E-state index contributed by atoms with van der Waals surface area (Å²) >= 11 is 0. The van der Waals surface area contributed by atoms with Crippen LogP contribution in [0.5, 0.6) is 0 Å². The van der Waals surface area contributed by atoms with Crippen molar-refractivity contribution < 1.29 is 14.3 Å². The summed E-state index contributed by atoms with van der Waals surface area (Å²) in [6.07, 6.45) is 5.62. The number of aliphatic carboxylic acids is 1. The Morgan fingerprint density at radius 3 is 2.79 bits per heavy atom. The predicted molar refractivity (Wildman–Crippen MR) is 70.5 cm³/mol. The van der Waals surface area contributed by atoms with Gasteiger partial charge in [-0.2, -0.15) is 0 Å². The summed E-state index contributed by atoms with van der Waals surface area (Å²) in [7, 11) is 0. The summed E-state index contributed by atoms with van der Waals surface area (Å²) in [6.45, 7) is 1.66. The highest BCUT2D eigenvalue weighted by molar-refractivity contribution is 5.85. The Balaban J connectivity index is 2.11. The fraction of sp³-hybridized carbons (Fsp3) is 0.438. The molecule has 1 fully saturated rings. The SMILES string of the molecule is Cc1c(F)cccc1[C@@]1(C(=O)O)C=C(C2CC2)CC1. The van der Waals surface area contributed by atoms with E-state index in [0.29, 0.717) is 23.5 Å². The van der Waals surface area contributed by atoms with Crippen LogP contribution in [0.3, 0.4) is 0 Å². The lowest BCUT2D eigenvalue weighted by molar-refractivity contribution is -0.141. The fourth-order valence-electron chi connectivity index (χ4n) is 3.17. The van der Waals surface area contributed by atoms with E-state index in [0.717, 1.165) is 6.42 Å². The maximum atomic E-state index is 13.7. The number of halogens is 1. The first kappa shape index (κ1) is 12.4. The lowest BCUT2D eigenvalue weighted by Gasteiger charge is -2.24. The van der Waals surface area contributed by atoms with E-state index in [4.69, 9.17) is 0 Å². The molecular weight excluding hydrogens is 243 g/mol. The monoisotopic (exact) mass is 260 g/mol. The molecule has 1 saturated carbocycles. The molecule has 2 aliphatic rings. The van der Waals surface area contributed by atoms with Crippen molar-refractivity contribution in [1.29, 1.82) is 0 Å². The van der Waals surface area contributed by atoms with Crippen LogP contribution >= 0.6 is 0 Å². The molecule has 1 aromatic rings. The van der Waals surface area contributed by atoms with Crippen LogP contribution in [0, 0.1) is 18.7 Å². The van der Waals surface area contributed by atoms with Crippen LogP contribution < -0.4 is 0 Å². The lowest BCUT2D eigenvalue weighted by atomic mass is 9.78. The van der Waals surface area contributed by atoms with E-state index in [-0.39, 0.29) is 5.82 Å². The minimum Gasteiger partial charge on any atom is -0.480 e. The van der Waals surface area contributed by atoms with Crippen molar-refractivity contribution in [2.45, 2.75) is 38.0 Å². The quantitative estimate of drug-likeness (QED) is 0.843. The Morgan fingerprint density at radius 1 is 1.42 bits per heavy atom. The van der Waals surface area contributed by atoms with Crippen molar-refractivity contribution in [3.63, 3.8) is 0 Å². The smallest absolute Gasteiger partial charge is 0.318 e. The molecule has 0 heterocycles. The summed E-state index contributed by atoms with van der Waals surface area (Å²) in [5, 5.41) is 9.69. The predicted octanol–water partition coefficient (Wildman–Crippen LogP) is 3.59. The topological polar surface area (TPSA) is 37.3 Å². The maximum Gasteiger partial charge on any atom is 0.318 e. The average molecular weight is 260 g/mol. The molecule has 3 heteroatoms. The molecule has 0 aliphatic heterocycles. The van der Waals surface area contributed by atoms with Gasteiger partial charge in [0.2, 0.25) is 0 Å². The third-order valence-corrected chi connectivity index (χ3v) is 4.47. The van der Waals surface area contributed by atoms with Crippen LogP contribution in [0.25, 0.3) is 0 Å². The van der Waals surface area contributed by atoms with Crippen molar-refractivity contribution in [2.75, 3.05) is 0 Å². The van der Waals surface area contributed by atoms with Crippen molar-refractivity contribution in [1.82, 2.24) is 0 Å². The number of allylic oxidation sites excluding steroid dienone is 1. The molecule has 0 amide bonds. The number of carbonyl (C=O) groups is 1. The molecular formula is C16H17FO2. The molecule has 100 valence electrons. The number of carboxylic acid groups (broad SMARTS) is 1. The van der Waals surface area contributed by atoms with E-state index in [1.54, 1.807) is 19.1 Å². The van der Waals surface area contributed by atoms with Gasteiger partial charge in [-0.05, 0) is 55.7 Å². The van der Waals surface area contributed by atoms with Gasteiger partial charge in [-0.1, -0.05) is 23.8 Å². The second-order valence-electron chi connectivity index (χ2n) is 5.68. The number of hydrogen-bond donors (Lipinski definition) is 1. The van der Waals surface area contributed by atoms with Crippen molar-refractivity contribution in [3.8, 4) is 0 Å². The lowest BCUT2D eigenvalue weighted by Crippen LogP contribution is -2.32. The Bertz CT molecular complexity index is 572. The number of hydrogen-bond acceptors (Lipinski definition) is 1. The fourth-order valence-corrected chi connectivity index (χ4v) is 3.17. The summed E-state index contributed by atoms with van der Waals surface area (Å²) in [4.78, 5) is 11.8. The first-order chi connectivity index (χ1) is 9.04. The minimum absolute atomic E-state index is 0.327. The van der Waals surface area contributed by atoms with Gasteiger partial charge in [-0.3, -0.25) is 4.79 Å². The molecule has 2 nitrogen and oxygen atoms in total. The first-order valence-electron chi connectivity index (χ1n) is 6.75. The van der Waals surface area contributed by atoms with Gasteiger partial charge in [0.05, 0.1) is 0 Å². The van der Waals surface area contributed by atoms with Crippen molar-refractivity contribution in [3.05, 3.63) is 46.8 Å². The van der Waals surface area contributed by atoms with Gasteiger partial charge in [-0.25, -0.2) is 4.39 Å². The van der Waals surface area contributed by atoms with Crippen LogP contribution in [-0.4, -0.2) is 11.1 Å². The van der Waals surface area contributed by atoms with Gasteiger partial charge in [0.15, 0.2) is 0 Å². The Labute approximate surface area is 112 Å². The van der Waals surface area contributed by atoms with Gasteiger partial charge < -0.3 is 5.11 Å². The van der Waals surface area contributed by atoms with Gasteiger partial charge in [-0.15, -0.1) is 0 Å². The zero-order valence-corrected chi connectivity index (χ0v) is 10.9. The molecule has 0 aromatic heterocycles. The van der Waals surface area contributed by atoms with Crippen molar-refractivity contribution >= 4 is 5.97 Å². The molecule has 0 radical (unpaired) electrons. The average Bonchev–Trinajstić information content (AvgIpc) is 3.12. The Hall–Kier alpha value is -1.64. The van der Waals surface area contributed by atoms with E-state index in [1.165, 1.54) is 24.5 Å². The van der Waals surface area contributed by atoms with Crippen LogP contribution in [0.1, 0.15) is 36.8 Å². The molecule has 0 saturated heterocycles. The zero-order valence-electron chi connectivity index (χ0n) is 10.9. The third-order valence-electron chi connectivity index (χ3n) is 4.47. The van der Waals surface area contributed by atoms with E-state index in [1.807, 2.05) is 6.08 Å². The molecule has 1 atom stereocenters. The molecule has 19 heavy (non-hydrogen) atoms. The highest BCUT2D eigenvalue weighted by atomic mass is 19.1. The second kappa shape index (κ2) is 4.19. The Morgan fingerprint density at radius 2 is 2.16 bits per heavy atom. The van der Waals surface area contributed by atoms with Gasteiger partial charge in [0.25, 0.3) is 0 Å². The van der Waals surface area contributed by atoms with Crippen molar-refractivity contribution in [2.24, 2.45) is 5.92 Å². The highest BCUT2D eigenvalue weighted by Crippen LogP contribution is 2.49. The van der Waals surface area contributed by atoms with E-state index in [9.17, 15) is 14.3 Å². The van der Waals surface area contributed by atoms with Crippen LogP contribution in [0.4, 0.5) is 4.39 Å². The molecule has 1 N–H and O–H groups in total. The van der Waals surface area contributed by atoms with E-state index in [2.05, 4.69) is 0 Å². The first-order valence-corrected chi connectivity index (χ1v) is 6.75. The number of carboxylic acids is 1. The highest BCUT2D eigenvalue weighted by Gasteiger charge is 2.45. The molecule has 1 aromatic carbocycles. The standard InChI is InChI=1S/C16H17FO2/c1-10-13(3-2-4-14(10)17)16(15(18)19)8-7-12(9-16)11-5-6-11/h2-4,9,11H,5-8H2,1H3,(H,18,19)/t16-/m0/s1. The molecule has 0 spiro atoms. The Kier molecular flexibility index (Phi) is 2.73. The number of rotatable bonds is 3. The zero-order chi connectivity index (χ0) is 13.6. The molecule has 3 rings (SSSR count). The summed E-state index contributed by atoms with van der Waals surface area (Å²) < 4.78 is 13.7. The van der Waals surface area contributed by atoms with Crippen LogP contribution in [0.2, 0.25) is 0 Å². The van der Waals surface area contributed by atoms with Gasteiger partial charge >= 0.3 is 5.97 Å². The summed E-state index contributed by atoms with van der Waals surface area (Å²) in [5.74, 6) is -0.613. The van der Waals surface area contributed by atoms with E-state index >= 15 is 0 Å². The van der Waals surface area contributed by atoms with Crippen LogP contribution in [0.15, 0.2) is 29.8 Å². The van der Waals surface area contributed by atoms with Gasteiger partial charge in [0, 0.05) is 0 Å². The maximum absolute atomic E-state index is 13.7. The number of benzene rings is 1. The minimum atomic E-state index is -1.02. The van der Waals surface area contributed by atoms with Crippen LogP contribution in [-0.2, 0) is 10.2 Å². The summed E-state index contributed by atoms with van der Waals surface area (Å²) in [6, 6.07) is 4.74. The third kappa shape index (κ3) is 1.88. The van der Waals surface area contributed by atoms with Gasteiger partial charge in [0.1, 0.15) is 11.2 Å². The largest absolute Gasteiger partial charge is 0.480 e. The van der Waals surface area contributed by atoms with E-state index < -0.39 is 11.4 Å². The molecule has 0 unspecified atom stereocenters. The normalized spacial score (nSPS) is 26.3. The molecule has 2 aliphatic carbocycles. The second-order valence-corrected chi connectivity index (χ2v) is 5.68.